The molecule has 1 fully saturated rings. The Bertz CT molecular complexity index is 181. The molecule has 1 aliphatic rings. The van der Waals surface area contributed by atoms with Crippen LogP contribution >= 0.6 is 0 Å². The number of nitrogens with one attached hydrogen (secondary N) is 2. The van der Waals surface area contributed by atoms with E-state index in [1.54, 1.807) is 0 Å². The largest absolute Gasteiger partial charge is 0.396 e. The van der Waals surface area contributed by atoms with Gasteiger partial charge < -0.3 is 15.7 Å². The molecule has 1 heterocycles. The van der Waals surface area contributed by atoms with Gasteiger partial charge in [-0.1, -0.05) is 20.8 Å². The summed E-state index contributed by atoms with van der Waals surface area (Å²) in [6.45, 7) is 9.28. The van der Waals surface area contributed by atoms with Crippen LogP contribution in [-0.2, 0) is 0 Å². The molecule has 3 nitrogen and oxygen atoms in total. The van der Waals surface area contributed by atoms with Gasteiger partial charge in [-0.25, -0.2) is 0 Å². The SMILES string of the molecule is CC(C)(C)C(CCO)NC1CCCNCC1. The van der Waals surface area contributed by atoms with Gasteiger partial charge in [0, 0.05) is 18.7 Å². The summed E-state index contributed by atoms with van der Waals surface area (Å²) in [6, 6.07) is 1.03. The quantitative estimate of drug-likeness (QED) is 0.683. The van der Waals surface area contributed by atoms with Gasteiger partial charge in [-0.15, -0.1) is 0 Å². The van der Waals surface area contributed by atoms with E-state index < -0.39 is 0 Å². The van der Waals surface area contributed by atoms with Crippen molar-refractivity contribution in [3.8, 4) is 0 Å². The summed E-state index contributed by atoms with van der Waals surface area (Å²) in [4.78, 5) is 0. The summed E-state index contributed by atoms with van der Waals surface area (Å²) >= 11 is 0. The molecule has 0 aliphatic carbocycles. The Labute approximate surface area is 100 Å². The lowest BCUT2D eigenvalue weighted by Crippen LogP contribution is -2.46. The summed E-state index contributed by atoms with van der Waals surface area (Å²) < 4.78 is 0. The van der Waals surface area contributed by atoms with Crippen LogP contribution in [0.25, 0.3) is 0 Å². The molecular formula is C13H28N2O. The van der Waals surface area contributed by atoms with E-state index in [1.165, 1.54) is 19.3 Å². The fraction of sp³-hybridized carbons (Fsp3) is 1.00. The lowest BCUT2D eigenvalue weighted by molar-refractivity contribution is 0.182. The van der Waals surface area contributed by atoms with Gasteiger partial charge in [-0.2, -0.15) is 0 Å². The van der Waals surface area contributed by atoms with Gasteiger partial charge in [-0.05, 0) is 44.2 Å². The van der Waals surface area contributed by atoms with Crippen molar-refractivity contribution >= 4 is 0 Å². The van der Waals surface area contributed by atoms with E-state index >= 15 is 0 Å². The summed E-state index contributed by atoms with van der Waals surface area (Å²) in [6.07, 6.45) is 4.57. The molecular weight excluding hydrogens is 200 g/mol. The third-order valence-corrected chi connectivity index (χ3v) is 3.48. The molecule has 0 radical (unpaired) electrons. The van der Waals surface area contributed by atoms with Crippen molar-refractivity contribution in [1.82, 2.24) is 10.6 Å². The highest BCUT2D eigenvalue weighted by Gasteiger charge is 2.26. The molecule has 1 aliphatic heterocycles. The van der Waals surface area contributed by atoms with Crippen molar-refractivity contribution in [2.45, 2.75) is 58.5 Å². The monoisotopic (exact) mass is 228 g/mol. The van der Waals surface area contributed by atoms with Gasteiger partial charge in [0.25, 0.3) is 0 Å². The molecule has 0 aromatic rings. The van der Waals surface area contributed by atoms with E-state index in [0.29, 0.717) is 12.1 Å². The van der Waals surface area contributed by atoms with Gasteiger partial charge in [0.05, 0.1) is 0 Å². The van der Waals surface area contributed by atoms with Crippen LogP contribution in [-0.4, -0.2) is 36.9 Å². The zero-order valence-electron chi connectivity index (χ0n) is 11.1. The van der Waals surface area contributed by atoms with Crippen LogP contribution in [0.3, 0.4) is 0 Å². The fourth-order valence-electron chi connectivity index (χ4n) is 2.37. The Hall–Kier alpha value is -0.120. The van der Waals surface area contributed by atoms with Gasteiger partial charge in [0.15, 0.2) is 0 Å². The van der Waals surface area contributed by atoms with Gasteiger partial charge in [-0.3, -0.25) is 0 Å². The zero-order chi connectivity index (χ0) is 12.0. The van der Waals surface area contributed by atoms with Gasteiger partial charge in [0.2, 0.25) is 0 Å². The van der Waals surface area contributed by atoms with Crippen LogP contribution in [0.2, 0.25) is 0 Å². The highest BCUT2D eigenvalue weighted by molar-refractivity contribution is 4.84. The van der Waals surface area contributed by atoms with E-state index in [4.69, 9.17) is 5.11 Å². The Kier molecular flexibility index (Phi) is 5.73. The average molecular weight is 228 g/mol. The topological polar surface area (TPSA) is 44.3 Å². The fourth-order valence-corrected chi connectivity index (χ4v) is 2.37. The first-order valence-corrected chi connectivity index (χ1v) is 6.61. The second-order valence-corrected chi connectivity index (χ2v) is 5.98. The lowest BCUT2D eigenvalue weighted by Gasteiger charge is -2.34. The molecule has 1 rings (SSSR count). The molecule has 2 unspecified atom stereocenters. The van der Waals surface area contributed by atoms with Crippen molar-refractivity contribution in [3.05, 3.63) is 0 Å². The Balaban J connectivity index is 2.46. The Morgan fingerprint density at radius 3 is 2.69 bits per heavy atom. The Morgan fingerprint density at radius 2 is 2.06 bits per heavy atom. The van der Waals surface area contributed by atoms with Crippen LogP contribution in [0, 0.1) is 5.41 Å². The maximum Gasteiger partial charge on any atom is 0.0446 e. The first kappa shape index (κ1) is 13.9. The van der Waals surface area contributed by atoms with Crippen molar-refractivity contribution < 1.29 is 5.11 Å². The van der Waals surface area contributed by atoms with E-state index in [0.717, 1.165) is 19.5 Å². The molecule has 0 aromatic carbocycles. The second kappa shape index (κ2) is 6.58. The first-order chi connectivity index (χ1) is 7.54. The van der Waals surface area contributed by atoms with E-state index in [2.05, 4.69) is 31.4 Å². The minimum absolute atomic E-state index is 0.225. The van der Waals surface area contributed by atoms with Crippen molar-refractivity contribution in [1.29, 1.82) is 0 Å². The van der Waals surface area contributed by atoms with E-state index in [1.807, 2.05) is 0 Å². The number of hydrogen-bond acceptors (Lipinski definition) is 3. The smallest absolute Gasteiger partial charge is 0.0446 e. The summed E-state index contributed by atoms with van der Waals surface area (Å²) in [5, 5.41) is 16.3. The number of aliphatic hydroxyl groups is 1. The number of aliphatic hydroxyl groups excluding tert-OH is 1. The molecule has 0 spiro atoms. The molecule has 3 N–H and O–H groups in total. The summed E-state index contributed by atoms with van der Waals surface area (Å²) in [5.41, 5.74) is 0.225. The van der Waals surface area contributed by atoms with Gasteiger partial charge in [0.1, 0.15) is 0 Å². The minimum atomic E-state index is 0.225. The van der Waals surface area contributed by atoms with Crippen LogP contribution in [0.15, 0.2) is 0 Å². The molecule has 0 amide bonds. The first-order valence-electron chi connectivity index (χ1n) is 6.61. The predicted molar refractivity (Wildman–Crippen MR) is 68.6 cm³/mol. The Morgan fingerprint density at radius 1 is 1.31 bits per heavy atom. The van der Waals surface area contributed by atoms with Crippen LogP contribution in [0.1, 0.15) is 46.5 Å². The number of rotatable bonds is 4. The number of hydrogen-bond donors (Lipinski definition) is 3. The normalized spacial score (nSPS) is 25.1. The highest BCUT2D eigenvalue weighted by Crippen LogP contribution is 2.23. The van der Waals surface area contributed by atoms with Crippen LogP contribution in [0.5, 0.6) is 0 Å². The molecule has 96 valence electrons. The second-order valence-electron chi connectivity index (χ2n) is 5.98. The molecule has 1 saturated heterocycles. The van der Waals surface area contributed by atoms with Crippen LogP contribution < -0.4 is 10.6 Å². The molecule has 0 aromatic heterocycles. The van der Waals surface area contributed by atoms with Crippen molar-refractivity contribution in [2.24, 2.45) is 5.41 Å². The molecule has 0 bridgehead atoms. The minimum Gasteiger partial charge on any atom is -0.396 e. The van der Waals surface area contributed by atoms with E-state index in [-0.39, 0.29) is 12.0 Å². The predicted octanol–water partition coefficient (Wildman–Crippen LogP) is 1.52. The van der Waals surface area contributed by atoms with Crippen molar-refractivity contribution in [2.75, 3.05) is 19.7 Å². The van der Waals surface area contributed by atoms with Crippen molar-refractivity contribution in [3.63, 3.8) is 0 Å². The zero-order valence-corrected chi connectivity index (χ0v) is 11.1. The van der Waals surface area contributed by atoms with Gasteiger partial charge >= 0.3 is 0 Å². The average Bonchev–Trinajstić information content (AvgIpc) is 2.44. The molecule has 3 heteroatoms. The standard InChI is InChI=1S/C13H28N2O/c1-13(2,3)12(7-10-16)15-11-5-4-8-14-9-6-11/h11-12,14-16H,4-10H2,1-3H3. The molecule has 0 saturated carbocycles. The maximum absolute atomic E-state index is 9.13. The molecule has 2 atom stereocenters. The third-order valence-electron chi connectivity index (χ3n) is 3.48. The molecule has 16 heavy (non-hydrogen) atoms. The summed E-state index contributed by atoms with van der Waals surface area (Å²) in [7, 11) is 0. The van der Waals surface area contributed by atoms with Crippen LogP contribution in [0.4, 0.5) is 0 Å². The maximum atomic E-state index is 9.13. The third kappa shape index (κ3) is 4.81. The summed E-state index contributed by atoms with van der Waals surface area (Å²) in [5.74, 6) is 0. The lowest BCUT2D eigenvalue weighted by atomic mass is 9.84. The van der Waals surface area contributed by atoms with E-state index in [9.17, 15) is 0 Å². The highest BCUT2D eigenvalue weighted by atomic mass is 16.3.